The molecule has 0 aliphatic rings. The Morgan fingerprint density at radius 1 is 1.00 bits per heavy atom. The fraction of sp³-hybridized carbons (Fsp3) is 0.143. The molecule has 0 aliphatic carbocycles. The molecule has 0 bridgehead atoms. The van der Waals surface area contributed by atoms with E-state index >= 15 is 0 Å². The summed E-state index contributed by atoms with van der Waals surface area (Å²) in [4.78, 5) is -0.569. The summed E-state index contributed by atoms with van der Waals surface area (Å²) in [5.41, 5.74) is 2.98. The molecule has 1 nitrogen and oxygen atoms in total. The lowest BCUT2D eigenvalue weighted by atomic mass is 10.0. The minimum atomic E-state index is -0.569. The molecule has 17 heavy (non-hydrogen) atoms. The Morgan fingerprint density at radius 3 is 2.29 bits per heavy atom. The van der Waals surface area contributed by atoms with E-state index in [0.29, 0.717) is 0 Å². The zero-order chi connectivity index (χ0) is 12.3. The smallest absolute Gasteiger partial charge is 0.133 e. The quantitative estimate of drug-likeness (QED) is 0.723. The van der Waals surface area contributed by atoms with Gasteiger partial charge in [-0.15, -0.1) is 23.2 Å². The van der Waals surface area contributed by atoms with Gasteiger partial charge in [-0.25, -0.2) is 0 Å². The minimum absolute atomic E-state index is 0.569. The first-order chi connectivity index (χ1) is 8.22. The van der Waals surface area contributed by atoms with Crippen LogP contribution >= 0.6 is 23.2 Å². The van der Waals surface area contributed by atoms with Gasteiger partial charge in [-0.05, 0) is 28.8 Å². The van der Waals surface area contributed by atoms with Crippen LogP contribution in [0, 0.1) is 0 Å². The number of ether oxygens (including phenoxy) is 1. The van der Waals surface area contributed by atoms with Crippen LogP contribution in [0.3, 0.4) is 0 Å². The molecule has 3 heteroatoms. The van der Waals surface area contributed by atoms with E-state index in [9.17, 15) is 0 Å². The van der Waals surface area contributed by atoms with Crippen molar-refractivity contribution in [2.24, 2.45) is 0 Å². The van der Waals surface area contributed by atoms with Crippen molar-refractivity contribution in [3.05, 3.63) is 54.1 Å². The molecule has 0 atom stereocenters. The van der Waals surface area contributed by atoms with Gasteiger partial charge in [-0.3, -0.25) is 0 Å². The summed E-state index contributed by atoms with van der Waals surface area (Å²) in [6.07, 6.45) is 0. The monoisotopic (exact) mass is 266 g/mol. The van der Waals surface area contributed by atoms with E-state index in [-0.39, 0.29) is 0 Å². The molecule has 0 radical (unpaired) electrons. The molecule has 0 heterocycles. The van der Waals surface area contributed by atoms with Gasteiger partial charge in [0.25, 0.3) is 0 Å². The first-order valence-electron chi connectivity index (χ1n) is 5.24. The number of rotatable bonds is 3. The van der Waals surface area contributed by atoms with E-state index in [4.69, 9.17) is 27.9 Å². The van der Waals surface area contributed by atoms with Crippen LogP contribution in [-0.4, -0.2) is 7.11 Å². The van der Waals surface area contributed by atoms with Gasteiger partial charge in [-0.2, -0.15) is 0 Å². The van der Waals surface area contributed by atoms with Crippen LogP contribution in [0.25, 0.3) is 11.1 Å². The summed E-state index contributed by atoms with van der Waals surface area (Å²) >= 11 is 12.0. The van der Waals surface area contributed by atoms with E-state index in [0.717, 1.165) is 22.4 Å². The second-order valence-electron chi connectivity index (χ2n) is 3.62. The van der Waals surface area contributed by atoms with Gasteiger partial charge >= 0.3 is 0 Å². The number of methoxy groups -OCH3 is 1. The third kappa shape index (κ3) is 2.74. The summed E-state index contributed by atoms with van der Waals surface area (Å²) in [6.45, 7) is 0. The number of hydrogen-bond acceptors (Lipinski definition) is 1. The summed E-state index contributed by atoms with van der Waals surface area (Å²) in [7, 11) is 1.62. The molecule has 0 fully saturated rings. The van der Waals surface area contributed by atoms with E-state index in [1.54, 1.807) is 7.11 Å². The highest BCUT2D eigenvalue weighted by molar-refractivity contribution is 6.44. The maximum absolute atomic E-state index is 6.00. The van der Waals surface area contributed by atoms with Gasteiger partial charge in [0.2, 0.25) is 0 Å². The second-order valence-corrected chi connectivity index (χ2v) is 4.72. The number of benzene rings is 2. The molecular weight excluding hydrogens is 255 g/mol. The zero-order valence-electron chi connectivity index (χ0n) is 9.36. The highest BCUT2D eigenvalue weighted by Crippen LogP contribution is 2.36. The maximum Gasteiger partial charge on any atom is 0.133 e. The molecule has 0 aromatic heterocycles. The van der Waals surface area contributed by atoms with Gasteiger partial charge in [0.05, 0.1) is 7.11 Å². The van der Waals surface area contributed by atoms with Crippen LogP contribution in [0.15, 0.2) is 48.5 Å². The van der Waals surface area contributed by atoms with E-state index < -0.39 is 4.84 Å². The Hall–Kier alpha value is -1.18. The van der Waals surface area contributed by atoms with Gasteiger partial charge in [0.15, 0.2) is 0 Å². The molecule has 0 unspecified atom stereocenters. The number of halogens is 2. The topological polar surface area (TPSA) is 9.23 Å². The van der Waals surface area contributed by atoms with Crippen LogP contribution in [0.1, 0.15) is 10.4 Å². The number of alkyl halides is 2. The van der Waals surface area contributed by atoms with E-state index in [2.05, 4.69) is 0 Å². The van der Waals surface area contributed by atoms with Gasteiger partial charge in [0.1, 0.15) is 10.6 Å². The fourth-order valence-corrected chi connectivity index (χ4v) is 2.09. The van der Waals surface area contributed by atoms with Crippen LogP contribution in [0.4, 0.5) is 0 Å². The molecule has 0 saturated carbocycles. The third-order valence-electron chi connectivity index (χ3n) is 2.58. The number of hydrogen-bond donors (Lipinski definition) is 0. The first kappa shape index (κ1) is 12.3. The largest absolute Gasteiger partial charge is 0.497 e. The Morgan fingerprint density at radius 2 is 1.71 bits per heavy atom. The molecule has 2 aromatic carbocycles. The Balaban J connectivity index is 2.54. The van der Waals surface area contributed by atoms with E-state index in [1.807, 2.05) is 48.5 Å². The van der Waals surface area contributed by atoms with Crippen molar-refractivity contribution in [3.8, 4) is 16.9 Å². The zero-order valence-corrected chi connectivity index (χ0v) is 10.9. The molecule has 0 spiro atoms. The first-order valence-corrected chi connectivity index (χ1v) is 6.11. The summed E-state index contributed by atoms with van der Waals surface area (Å²) in [5, 5.41) is 0. The van der Waals surface area contributed by atoms with Crippen LogP contribution in [0.2, 0.25) is 0 Å². The molecule has 2 aromatic rings. The predicted molar refractivity (Wildman–Crippen MR) is 72.9 cm³/mol. The summed E-state index contributed by atoms with van der Waals surface area (Å²) in [5.74, 6) is 0.756. The molecule has 0 aliphatic heterocycles. The Kier molecular flexibility index (Phi) is 3.93. The van der Waals surface area contributed by atoms with Crippen molar-refractivity contribution in [2.45, 2.75) is 4.84 Å². The van der Waals surface area contributed by atoms with Crippen molar-refractivity contribution in [3.63, 3.8) is 0 Å². The lowest BCUT2D eigenvalue weighted by Gasteiger charge is -2.12. The minimum Gasteiger partial charge on any atom is -0.497 e. The van der Waals surface area contributed by atoms with Crippen molar-refractivity contribution >= 4 is 23.2 Å². The fourth-order valence-electron chi connectivity index (χ4n) is 1.73. The highest BCUT2D eigenvalue weighted by atomic mass is 35.5. The average molecular weight is 267 g/mol. The lowest BCUT2D eigenvalue weighted by Crippen LogP contribution is -1.91. The van der Waals surface area contributed by atoms with Crippen LogP contribution in [0.5, 0.6) is 5.75 Å². The molecular formula is C14H12Cl2O. The van der Waals surface area contributed by atoms with Gasteiger partial charge in [-0.1, -0.05) is 36.4 Å². The maximum atomic E-state index is 6.00. The molecule has 0 saturated heterocycles. The molecule has 88 valence electrons. The van der Waals surface area contributed by atoms with Crippen molar-refractivity contribution in [1.29, 1.82) is 0 Å². The summed E-state index contributed by atoms with van der Waals surface area (Å²) in [6, 6.07) is 15.8. The lowest BCUT2D eigenvalue weighted by molar-refractivity contribution is 0.414. The third-order valence-corrected chi connectivity index (χ3v) is 3.05. The Labute approximate surface area is 111 Å². The van der Waals surface area contributed by atoms with Crippen molar-refractivity contribution in [1.82, 2.24) is 0 Å². The van der Waals surface area contributed by atoms with Crippen LogP contribution < -0.4 is 4.74 Å². The highest BCUT2D eigenvalue weighted by Gasteiger charge is 2.12. The van der Waals surface area contributed by atoms with E-state index in [1.165, 1.54) is 0 Å². The van der Waals surface area contributed by atoms with Gasteiger partial charge in [0, 0.05) is 0 Å². The SMILES string of the molecule is COc1ccc(-c2ccccc2)c(C(Cl)Cl)c1. The Bertz CT molecular complexity index is 495. The predicted octanol–water partition coefficient (Wildman–Crippen LogP) is 4.84. The molecule has 2 rings (SSSR count). The van der Waals surface area contributed by atoms with Crippen molar-refractivity contribution < 1.29 is 4.74 Å². The molecule has 0 N–H and O–H groups in total. The van der Waals surface area contributed by atoms with Crippen molar-refractivity contribution in [2.75, 3.05) is 7.11 Å². The van der Waals surface area contributed by atoms with Crippen LogP contribution in [-0.2, 0) is 0 Å². The molecule has 0 amide bonds. The average Bonchev–Trinajstić information content (AvgIpc) is 2.39. The summed E-state index contributed by atoms with van der Waals surface area (Å²) < 4.78 is 5.18. The normalized spacial score (nSPS) is 10.6. The van der Waals surface area contributed by atoms with Gasteiger partial charge < -0.3 is 4.74 Å². The second kappa shape index (κ2) is 5.44. The standard InChI is InChI=1S/C14H12Cl2O/c1-17-11-7-8-12(13(9-11)14(15)16)10-5-3-2-4-6-10/h2-9,14H,1H3.